The van der Waals surface area contributed by atoms with Crippen molar-refractivity contribution in [1.29, 1.82) is 0 Å². The quantitative estimate of drug-likeness (QED) is 0.600. The predicted octanol–water partition coefficient (Wildman–Crippen LogP) is 2.37. The molecular formula is C17H24N2O3. The number of hydrogen-bond donors (Lipinski definition) is 2. The fraction of sp³-hybridized carbons (Fsp3) is 0.412. The van der Waals surface area contributed by atoms with E-state index in [4.69, 9.17) is 4.84 Å². The average Bonchev–Trinajstić information content (AvgIpc) is 2.49. The molecule has 2 amide bonds. The predicted molar refractivity (Wildman–Crippen MR) is 86.2 cm³/mol. The van der Waals surface area contributed by atoms with Crippen molar-refractivity contribution in [2.45, 2.75) is 39.8 Å². The number of nitrogens with one attached hydrogen (secondary N) is 2. The van der Waals surface area contributed by atoms with Crippen LogP contribution in [-0.4, -0.2) is 24.0 Å². The van der Waals surface area contributed by atoms with Crippen molar-refractivity contribution in [2.24, 2.45) is 5.92 Å². The van der Waals surface area contributed by atoms with E-state index < -0.39 is 6.04 Å². The van der Waals surface area contributed by atoms with Gasteiger partial charge in [-0.05, 0) is 31.9 Å². The molecule has 0 spiro atoms. The summed E-state index contributed by atoms with van der Waals surface area (Å²) < 4.78 is 0. The molecule has 0 saturated carbocycles. The molecule has 0 aliphatic heterocycles. The molecule has 2 N–H and O–H groups in total. The van der Waals surface area contributed by atoms with Crippen molar-refractivity contribution < 1.29 is 14.4 Å². The molecule has 0 fully saturated rings. The van der Waals surface area contributed by atoms with E-state index in [2.05, 4.69) is 17.4 Å². The number of benzene rings is 1. The van der Waals surface area contributed by atoms with Crippen LogP contribution in [0.2, 0.25) is 0 Å². The molecule has 1 aromatic rings. The van der Waals surface area contributed by atoms with Crippen molar-refractivity contribution in [1.82, 2.24) is 10.8 Å². The monoisotopic (exact) mass is 304 g/mol. The minimum absolute atomic E-state index is 0.0722. The highest BCUT2D eigenvalue weighted by Crippen LogP contribution is 2.07. The number of rotatable bonds is 7. The highest BCUT2D eigenvalue weighted by Gasteiger charge is 2.25. The highest BCUT2D eigenvalue weighted by atomic mass is 16.7. The lowest BCUT2D eigenvalue weighted by molar-refractivity contribution is -0.138. The van der Waals surface area contributed by atoms with Crippen LogP contribution in [0.3, 0.4) is 0 Å². The molecule has 0 aliphatic rings. The zero-order chi connectivity index (χ0) is 16.7. The maximum absolute atomic E-state index is 12.2. The zero-order valence-electron chi connectivity index (χ0n) is 13.6. The normalized spacial score (nSPS) is 13.3. The summed E-state index contributed by atoms with van der Waals surface area (Å²) in [5.74, 6) is -0.744. The molecule has 120 valence electrons. The van der Waals surface area contributed by atoms with Gasteiger partial charge in [0.1, 0.15) is 12.1 Å². The first-order chi connectivity index (χ1) is 10.3. The smallest absolute Gasteiger partial charge is 0.266 e. The van der Waals surface area contributed by atoms with Crippen LogP contribution in [0.15, 0.2) is 36.9 Å². The Bertz CT molecular complexity index is 523. The number of carbonyl (C=O) groups is 2. The molecule has 0 heterocycles. The van der Waals surface area contributed by atoms with Crippen molar-refractivity contribution in [3.05, 3.63) is 48.0 Å². The first-order valence-electron chi connectivity index (χ1n) is 7.30. The van der Waals surface area contributed by atoms with E-state index >= 15 is 0 Å². The van der Waals surface area contributed by atoms with Crippen LogP contribution in [0.1, 0.15) is 36.7 Å². The lowest BCUT2D eigenvalue weighted by Crippen LogP contribution is -2.50. The standard InChI is InChI=1S/C17H24N2O3/c1-6-13(5)22-19-17(21)15(11(2)3)18-16(20)14-9-7-12(4)8-10-14/h6-11,13,15H,1H2,2-5H3,(H,18,20)(H,19,21). The van der Waals surface area contributed by atoms with Crippen molar-refractivity contribution in [2.75, 3.05) is 0 Å². The molecule has 5 heteroatoms. The topological polar surface area (TPSA) is 67.4 Å². The third-order valence-electron chi connectivity index (χ3n) is 3.23. The van der Waals surface area contributed by atoms with Gasteiger partial charge >= 0.3 is 0 Å². The second kappa shape index (κ2) is 8.34. The van der Waals surface area contributed by atoms with E-state index in [9.17, 15) is 9.59 Å². The van der Waals surface area contributed by atoms with Crippen molar-refractivity contribution in [3.8, 4) is 0 Å². The fourth-order valence-electron chi connectivity index (χ4n) is 1.73. The molecule has 0 aliphatic carbocycles. The molecule has 0 saturated heterocycles. The van der Waals surface area contributed by atoms with Gasteiger partial charge in [0.2, 0.25) is 0 Å². The van der Waals surface area contributed by atoms with Crippen LogP contribution in [0.25, 0.3) is 0 Å². The Morgan fingerprint density at radius 2 is 1.77 bits per heavy atom. The summed E-state index contributed by atoms with van der Waals surface area (Å²) in [5, 5.41) is 2.74. The minimum atomic E-state index is -0.675. The number of amides is 2. The summed E-state index contributed by atoms with van der Waals surface area (Å²) in [5.41, 5.74) is 3.94. The Hall–Kier alpha value is -2.14. The molecule has 0 aromatic heterocycles. The van der Waals surface area contributed by atoms with Gasteiger partial charge in [0.05, 0.1) is 0 Å². The third-order valence-corrected chi connectivity index (χ3v) is 3.23. The van der Waals surface area contributed by atoms with Crippen LogP contribution < -0.4 is 10.8 Å². The summed E-state index contributed by atoms with van der Waals surface area (Å²) >= 11 is 0. The lowest BCUT2D eigenvalue weighted by Gasteiger charge is -2.22. The van der Waals surface area contributed by atoms with E-state index in [1.807, 2.05) is 32.9 Å². The van der Waals surface area contributed by atoms with Crippen molar-refractivity contribution >= 4 is 11.8 Å². The van der Waals surface area contributed by atoms with Crippen LogP contribution in [0.4, 0.5) is 0 Å². The van der Waals surface area contributed by atoms with E-state index in [0.717, 1.165) is 5.56 Å². The molecule has 1 aromatic carbocycles. The largest absolute Gasteiger partial charge is 0.340 e. The van der Waals surface area contributed by atoms with Crippen LogP contribution >= 0.6 is 0 Å². The number of aryl methyl sites for hydroxylation is 1. The zero-order valence-corrected chi connectivity index (χ0v) is 13.6. The van der Waals surface area contributed by atoms with Gasteiger partial charge in [-0.2, -0.15) is 0 Å². The number of hydroxylamine groups is 1. The third kappa shape index (κ3) is 5.33. The SMILES string of the molecule is C=CC(C)ONC(=O)C(NC(=O)c1ccc(C)cc1)C(C)C. The highest BCUT2D eigenvalue weighted by molar-refractivity contribution is 5.97. The van der Waals surface area contributed by atoms with Gasteiger partial charge in [-0.1, -0.05) is 37.6 Å². The molecule has 0 bridgehead atoms. The average molecular weight is 304 g/mol. The van der Waals surface area contributed by atoms with Gasteiger partial charge in [-0.25, -0.2) is 5.48 Å². The number of carbonyl (C=O) groups excluding carboxylic acids is 2. The molecule has 2 atom stereocenters. The molecular weight excluding hydrogens is 280 g/mol. The van der Waals surface area contributed by atoms with Gasteiger partial charge in [-0.15, -0.1) is 6.58 Å². The number of hydrogen-bond acceptors (Lipinski definition) is 3. The molecule has 1 rings (SSSR count). The summed E-state index contributed by atoms with van der Waals surface area (Å²) in [6, 6.07) is 6.50. The molecule has 22 heavy (non-hydrogen) atoms. The second-order valence-electron chi connectivity index (χ2n) is 5.59. The van der Waals surface area contributed by atoms with Gasteiger partial charge in [0.15, 0.2) is 0 Å². The van der Waals surface area contributed by atoms with Crippen LogP contribution in [-0.2, 0) is 9.63 Å². The Balaban J connectivity index is 2.71. The van der Waals surface area contributed by atoms with Gasteiger partial charge in [0, 0.05) is 5.56 Å². The Labute approximate surface area is 131 Å². The lowest BCUT2D eigenvalue weighted by atomic mass is 10.0. The first kappa shape index (κ1) is 17.9. The maximum Gasteiger partial charge on any atom is 0.266 e. The van der Waals surface area contributed by atoms with E-state index in [0.29, 0.717) is 5.56 Å². The van der Waals surface area contributed by atoms with Gasteiger partial charge in [0.25, 0.3) is 11.8 Å². The second-order valence-corrected chi connectivity index (χ2v) is 5.59. The minimum Gasteiger partial charge on any atom is -0.340 e. The van der Waals surface area contributed by atoms with Crippen LogP contribution in [0, 0.1) is 12.8 Å². The van der Waals surface area contributed by atoms with Gasteiger partial charge < -0.3 is 5.32 Å². The van der Waals surface area contributed by atoms with E-state index in [1.54, 1.807) is 25.1 Å². The first-order valence-corrected chi connectivity index (χ1v) is 7.30. The summed E-state index contributed by atoms with van der Waals surface area (Å²) in [4.78, 5) is 29.5. The molecule has 5 nitrogen and oxygen atoms in total. The van der Waals surface area contributed by atoms with E-state index in [1.165, 1.54) is 0 Å². The van der Waals surface area contributed by atoms with Crippen molar-refractivity contribution in [3.63, 3.8) is 0 Å². The molecule has 2 unspecified atom stereocenters. The maximum atomic E-state index is 12.2. The summed E-state index contributed by atoms with van der Waals surface area (Å²) in [7, 11) is 0. The van der Waals surface area contributed by atoms with E-state index in [-0.39, 0.29) is 23.8 Å². The summed E-state index contributed by atoms with van der Waals surface area (Å²) in [6.45, 7) is 11.0. The molecule has 0 radical (unpaired) electrons. The Morgan fingerprint density at radius 1 is 1.18 bits per heavy atom. The Morgan fingerprint density at radius 3 is 2.27 bits per heavy atom. The Kier molecular flexibility index (Phi) is 6.79. The van der Waals surface area contributed by atoms with Crippen LogP contribution in [0.5, 0.6) is 0 Å². The summed E-state index contributed by atoms with van der Waals surface area (Å²) in [6.07, 6.45) is 1.26. The van der Waals surface area contributed by atoms with Gasteiger partial charge in [-0.3, -0.25) is 14.4 Å². The fourth-order valence-corrected chi connectivity index (χ4v) is 1.73.